The number of pyridine rings is 3. The second kappa shape index (κ2) is 18.7. The van der Waals surface area contributed by atoms with Crippen LogP contribution in [-0.4, -0.2) is 107 Å². The van der Waals surface area contributed by atoms with E-state index in [4.69, 9.17) is 10.1 Å². The number of carboxylic acid groups (broad SMARTS) is 4. The topological polar surface area (TPSA) is 215 Å². The molecule has 1 aromatic carbocycles. The second-order valence-electron chi connectivity index (χ2n) is 11.6. The number of aliphatic hydroxyl groups excluding tert-OH is 1. The van der Waals surface area contributed by atoms with Crippen molar-refractivity contribution < 1.29 is 44.7 Å². The Balaban J connectivity index is 1.74. The molecule has 4 rings (SSSR count). The van der Waals surface area contributed by atoms with Crippen LogP contribution in [0.3, 0.4) is 0 Å². The normalized spacial score (nSPS) is 10.9. The van der Waals surface area contributed by atoms with Gasteiger partial charge in [-0.1, -0.05) is 36.1 Å². The summed E-state index contributed by atoms with van der Waals surface area (Å²) < 4.78 is 0. The van der Waals surface area contributed by atoms with Crippen LogP contribution in [0.4, 0.5) is 0 Å². The fraction of sp³-hybridized carbons (Fsp3) is 0.270. The van der Waals surface area contributed by atoms with E-state index >= 15 is 0 Å². The van der Waals surface area contributed by atoms with Crippen molar-refractivity contribution in [2.24, 2.45) is 0 Å². The predicted molar refractivity (Wildman–Crippen MR) is 185 cm³/mol. The van der Waals surface area contributed by atoms with Crippen LogP contribution >= 0.6 is 0 Å². The Morgan fingerprint density at radius 3 is 1.47 bits per heavy atom. The molecule has 0 saturated carbocycles. The van der Waals surface area contributed by atoms with E-state index in [2.05, 4.69) is 21.8 Å². The maximum absolute atomic E-state index is 11.4. The first-order chi connectivity index (χ1) is 24.5. The van der Waals surface area contributed by atoms with Crippen molar-refractivity contribution in [1.29, 1.82) is 0 Å². The highest BCUT2D eigenvalue weighted by atomic mass is 16.4. The van der Waals surface area contributed by atoms with Gasteiger partial charge in [0.25, 0.3) is 0 Å². The first-order valence-corrected chi connectivity index (χ1v) is 16.0. The molecule has 0 aliphatic rings. The Labute approximate surface area is 293 Å². The molecule has 0 bridgehead atoms. The fourth-order valence-electron chi connectivity index (χ4n) is 5.17. The van der Waals surface area contributed by atoms with Gasteiger partial charge >= 0.3 is 23.9 Å². The number of rotatable bonds is 18. The molecule has 0 aliphatic carbocycles. The maximum atomic E-state index is 11.4. The van der Waals surface area contributed by atoms with Crippen LogP contribution in [-0.2, 0) is 32.3 Å². The highest BCUT2D eigenvalue weighted by molar-refractivity contribution is 5.76. The van der Waals surface area contributed by atoms with Crippen molar-refractivity contribution in [3.8, 4) is 45.7 Å². The number of nitrogens with zero attached hydrogens (tertiary/aromatic N) is 5. The Kier molecular flexibility index (Phi) is 13.8. The zero-order valence-corrected chi connectivity index (χ0v) is 27.6. The molecule has 3 heterocycles. The van der Waals surface area contributed by atoms with Crippen molar-refractivity contribution in [2.45, 2.75) is 32.4 Å². The summed E-state index contributed by atoms with van der Waals surface area (Å²) in [5, 5.41) is 46.1. The molecule has 264 valence electrons. The van der Waals surface area contributed by atoms with Crippen LogP contribution in [0.5, 0.6) is 0 Å². The van der Waals surface area contributed by atoms with Gasteiger partial charge in [-0.25, -0.2) is 15.0 Å². The lowest BCUT2D eigenvalue weighted by atomic mass is 10.0. The number of hydrogen-bond acceptors (Lipinski definition) is 10. The van der Waals surface area contributed by atoms with Gasteiger partial charge in [0, 0.05) is 31.7 Å². The van der Waals surface area contributed by atoms with Crippen LogP contribution in [0.2, 0.25) is 0 Å². The summed E-state index contributed by atoms with van der Waals surface area (Å²) in [4.78, 5) is 62.2. The summed E-state index contributed by atoms with van der Waals surface area (Å²) in [6, 6.07) is 21.5. The molecule has 4 aromatic rings. The summed E-state index contributed by atoms with van der Waals surface area (Å²) in [7, 11) is 0. The molecule has 51 heavy (non-hydrogen) atoms. The van der Waals surface area contributed by atoms with Crippen LogP contribution in [0.15, 0.2) is 72.8 Å². The molecule has 0 radical (unpaired) electrons. The van der Waals surface area contributed by atoms with Gasteiger partial charge in [-0.15, -0.1) is 0 Å². The minimum Gasteiger partial charge on any atom is -0.480 e. The average Bonchev–Trinajstić information content (AvgIpc) is 3.07. The minimum atomic E-state index is -1.17. The van der Waals surface area contributed by atoms with E-state index in [1.54, 1.807) is 36.4 Å². The molecule has 3 aromatic heterocycles. The summed E-state index contributed by atoms with van der Waals surface area (Å²) >= 11 is 0. The van der Waals surface area contributed by atoms with Gasteiger partial charge in [0.1, 0.15) is 0 Å². The number of unbranched alkanes of at least 4 members (excludes halogenated alkanes) is 2. The summed E-state index contributed by atoms with van der Waals surface area (Å²) in [5.41, 5.74) is 5.06. The lowest BCUT2D eigenvalue weighted by molar-refractivity contribution is -0.144. The van der Waals surface area contributed by atoms with Gasteiger partial charge in [0.2, 0.25) is 0 Å². The summed E-state index contributed by atoms with van der Waals surface area (Å²) in [6.07, 6.45) is 2.18. The van der Waals surface area contributed by atoms with Crippen molar-refractivity contribution in [1.82, 2.24) is 24.8 Å². The standard InChI is InChI=1S/C37H37N5O9/c43-16-4-2-1-3-7-25-12-14-26(15-13-25)27-17-32(30-10-5-8-28(38-30)19-41(21-34(44)45)22-35(46)47)40-33(18-27)31-11-6-9-29(39-31)20-42(23-36(48)49)24-37(50)51/h5-6,8-15,17-18,43H,1-2,4,16,19-24H2,(H,44,45)(H,46,47)(H,48,49)(H,50,51). The van der Waals surface area contributed by atoms with Gasteiger partial charge in [-0.3, -0.25) is 29.0 Å². The van der Waals surface area contributed by atoms with E-state index < -0.39 is 50.1 Å². The van der Waals surface area contributed by atoms with Gasteiger partial charge in [-0.05, 0) is 72.5 Å². The average molecular weight is 696 g/mol. The van der Waals surface area contributed by atoms with Crippen molar-refractivity contribution in [2.75, 3.05) is 32.8 Å². The number of benzene rings is 1. The number of aromatic nitrogens is 3. The number of carbonyl (C=O) groups is 4. The van der Waals surface area contributed by atoms with Gasteiger partial charge < -0.3 is 25.5 Å². The molecule has 0 amide bonds. The van der Waals surface area contributed by atoms with E-state index in [1.807, 2.05) is 36.4 Å². The quantitative estimate of drug-likeness (QED) is 0.0746. The highest BCUT2D eigenvalue weighted by Gasteiger charge is 2.18. The van der Waals surface area contributed by atoms with E-state index in [0.29, 0.717) is 47.0 Å². The molecular weight excluding hydrogens is 658 g/mol. The lowest BCUT2D eigenvalue weighted by Crippen LogP contribution is -2.34. The Morgan fingerprint density at radius 1 is 0.569 bits per heavy atom. The van der Waals surface area contributed by atoms with Gasteiger partial charge in [-0.2, -0.15) is 0 Å². The van der Waals surface area contributed by atoms with Crippen LogP contribution < -0.4 is 0 Å². The monoisotopic (exact) mass is 695 g/mol. The zero-order valence-electron chi connectivity index (χ0n) is 27.6. The molecule has 0 atom stereocenters. The van der Waals surface area contributed by atoms with Crippen LogP contribution in [0, 0.1) is 11.8 Å². The Bertz CT molecular complexity index is 1790. The lowest BCUT2D eigenvalue weighted by Gasteiger charge is -2.18. The summed E-state index contributed by atoms with van der Waals surface area (Å²) in [6.45, 7) is -1.89. The second-order valence-corrected chi connectivity index (χ2v) is 11.6. The third-order valence-electron chi connectivity index (χ3n) is 7.33. The Morgan fingerprint density at radius 2 is 1.04 bits per heavy atom. The van der Waals surface area contributed by atoms with E-state index in [0.717, 1.165) is 23.1 Å². The largest absolute Gasteiger partial charge is 0.480 e. The molecule has 0 spiro atoms. The van der Waals surface area contributed by atoms with E-state index in [1.165, 1.54) is 9.80 Å². The van der Waals surface area contributed by atoms with Crippen molar-refractivity contribution in [3.05, 3.63) is 89.7 Å². The van der Waals surface area contributed by atoms with Gasteiger partial charge in [0.15, 0.2) is 0 Å². The number of hydrogen-bond donors (Lipinski definition) is 5. The SMILES string of the molecule is O=C(O)CN(CC(=O)O)Cc1cccc(-c2cc(-c3ccc(C#CCCCCO)cc3)cc(-c3cccc(CN(CC(=O)O)CC(=O)O)n3)n2)n1. The number of aliphatic carboxylic acids is 4. The molecule has 0 saturated heterocycles. The molecular formula is C37H37N5O9. The maximum Gasteiger partial charge on any atom is 0.317 e. The Hall–Kier alpha value is -6.01. The third-order valence-corrected chi connectivity index (χ3v) is 7.33. The van der Waals surface area contributed by atoms with E-state index in [-0.39, 0.29) is 19.7 Å². The number of aliphatic hydroxyl groups is 1. The van der Waals surface area contributed by atoms with E-state index in [9.17, 15) is 39.6 Å². The third kappa shape index (κ3) is 12.4. The van der Waals surface area contributed by atoms with Crippen LogP contribution in [0.1, 0.15) is 36.2 Å². The first kappa shape index (κ1) is 37.8. The first-order valence-electron chi connectivity index (χ1n) is 16.0. The molecule has 0 aliphatic heterocycles. The minimum absolute atomic E-state index is 0.0335. The predicted octanol–water partition coefficient (Wildman–Crippen LogP) is 3.33. The van der Waals surface area contributed by atoms with Crippen LogP contribution in [0.25, 0.3) is 33.9 Å². The number of carboxylic acids is 4. The zero-order chi connectivity index (χ0) is 36.8. The molecule has 5 N–H and O–H groups in total. The van der Waals surface area contributed by atoms with Crippen molar-refractivity contribution >= 4 is 23.9 Å². The fourth-order valence-corrected chi connectivity index (χ4v) is 5.17. The molecule has 0 fully saturated rings. The highest BCUT2D eigenvalue weighted by Crippen LogP contribution is 2.30. The van der Waals surface area contributed by atoms with Gasteiger partial charge in [0.05, 0.1) is 60.3 Å². The van der Waals surface area contributed by atoms with Crippen molar-refractivity contribution in [3.63, 3.8) is 0 Å². The molecule has 14 heteroatoms. The summed E-state index contributed by atoms with van der Waals surface area (Å²) in [5.74, 6) is 1.55. The smallest absolute Gasteiger partial charge is 0.317 e. The molecule has 14 nitrogen and oxygen atoms in total. The molecule has 0 unspecified atom stereocenters.